The first-order valence-electron chi connectivity index (χ1n) is 6.28. The Morgan fingerprint density at radius 2 is 2.22 bits per heavy atom. The summed E-state index contributed by atoms with van der Waals surface area (Å²) in [6.07, 6.45) is 5.78. The number of rotatable bonds is 5. The van der Waals surface area contributed by atoms with Gasteiger partial charge in [-0.1, -0.05) is 6.07 Å². The van der Waals surface area contributed by atoms with E-state index in [9.17, 15) is 0 Å². The van der Waals surface area contributed by atoms with Gasteiger partial charge >= 0.3 is 0 Å². The van der Waals surface area contributed by atoms with Crippen molar-refractivity contribution in [1.29, 1.82) is 0 Å². The summed E-state index contributed by atoms with van der Waals surface area (Å²) in [7, 11) is 0. The second-order valence-electron chi connectivity index (χ2n) is 4.77. The van der Waals surface area contributed by atoms with Crippen LogP contribution in [0.1, 0.15) is 23.7 Å². The van der Waals surface area contributed by atoms with Crippen LogP contribution in [0.25, 0.3) is 0 Å². The number of hydrogen-bond donors (Lipinski definition) is 1. The monoisotopic (exact) mass is 244 g/mol. The van der Waals surface area contributed by atoms with Gasteiger partial charge in [0.25, 0.3) is 0 Å². The third kappa shape index (κ3) is 3.40. The highest BCUT2D eigenvalue weighted by molar-refractivity contribution is 5.17. The maximum absolute atomic E-state index is 4.29. The summed E-state index contributed by atoms with van der Waals surface area (Å²) in [5, 5.41) is 7.79. The van der Waals surface area contributed by atoms with Crippen LogP contribution in [0.2, 0.25) is 0 Å². The van der Waals surface area contributed by atoms with Gasteiger partial charge in [0.15, 0.2) is 0 Å². The zero-order valence-corrected chi connectivity index (χ0v) is 11.2. The fourth-order valence-corrected chi connectivity index (χ4v) is 1.90. The van der Waals surface area contributed by atoms with Crippen LogP contribution < -0.4 is 5.32 Å². The van der Waals surface area contributed by atoms with Crippen molar-refractivity contribution in [2.45, 2.75) is 39.9 Å². The number of aromatic nitrogens is 3. The number of nitrogens with zero attached hydrogens (tertiary/aromatic N) is 3. The SMILES string of the molecule is Cc1cnn(C[C@@H](C)NCc2cccnc2C)c1. The van der Waals surface area contributed by atoms with Crippen LogP contribution in [0.3, 0.4) is 0 Å². The van der Waals surface area contributed by atoms with Crippen molar-refractivity contribution in [1.82, 2.24) is 20.1 Å². The average molecular weight is 244 g/mol. The molecule has 0 amide bonds. The van der Waals surface area contributed by atoms with E-state index in [1.165, 1.54) is 11.1 Å². The number of nitrogens with one attached hydrogen (secondary N) is 1. The van der Waals surface area contributed by atoms with E-state index in [1.807, 2.05) is 30.1 Å². The minimum Gasteiger partial charge on any atom is -0.308 e. The van der Waals surface area contributed by atoms with Crippen LogP contribution in [0.15, 0.2) is 30.7 Å². The first-order chi connectivity index (χ1) is 8.65. The van der Waals surface area contributed by atoms with Gasteiger partial charge in [0.1, 0.15) is 0 Å². The normalized spacial score (nSPS) is 12.6. The fraction of sp³-hybridized carbons (Fsp3) is 0.429. The maximum atomic E-state index is 4.29. The largest absolute Gasteiger partial charge is 0.308 e. The van der Waals surface area contributed by atoms with E-state index in [4.69, 9.17) is 0 Å². The molecule has 0 aromatic carbocycles. The van der Waals surface area contributed by atoms with Crippen LogP contribution in [0, 0.1) is 13.8 Å². The smallest absolute Gasteiger partial charge is 0.0560 e. The van der Waals surface area contributed by atoms with Gasteiger partial charge in [-0.05, 0) is 38.0 Å². The lowest BCUT2D eigenvalue weighted by molar-refractivity contribution is 0.450. The first kappa shape index (κ1) is 12.8. The standard InChI is InChI=1S/C14H20N4/c1-11-7-17-18(9-11)10-12(2)16-8-14-5-4-6-15-13(14)3/h4-7,9,12,16H,8,10H2,1-3H3/t12-/m1/s1. The number of hydrogen-bond acceptors (Lipinski definition) is 3. The summed E-state index contributed by atoms with van der Waals surface area (Å²) in [4.78, 5) is 4.29. The lowest BCUT2D eigenvalue weighted by Gasteiger charge is -2.14. The van der Waals surface area contributed by atoms with E-state index >= 15 is 0 Å². The summed E-state index contributed by atoms with van der Waals surface area (Å²) in [6, 6.07) is 4.47. The Hall–Kier alpha value is -1.68. The molecule has 0 unspecified atom stereocenters. The number of aryl methyl sites for hydroxylation is 2. The Morgan fingerprint density at radius 1 is 1.39 bits per heavy atom. The average Bonchev–Trinajstić information content (AvgIpc) is 2.74. The molecule has 0 radical (unpaired) electrons. The van der Waals surface area contributed by atoms with Crippen molar-refractivity contribution in [3.8, 4) is 0 Å². The Kier molecular flexibility index (Phi) is 4.10. The van der Waals surface area contributed by atoms with Crippen LogP contribution in [-0.2, 0) is 13.1 Å². The van der Waals surface area contributed by atoms with Crippen molar-refractivity contribution in [3.63, 3.8) is 0 Å². The Bertz CT molecular complexity index is 504. The molecule has 0 aliphatic heterocycles. The molecule has 0 bridgehead atoms. The van der Waals surface area contributed by atoms with Gasteiger partial charge in [0.2, 0.25) is 0 Å². The van der Waals surface area contributed by atoms with Gasteiger partial charge in [-0.15, -0.1) is 0 Å². The molecule has 1 atom stereocenters. The van der Waals surface area contributed by atoms with E-state index in [1.54, 1.807) is 0 Å². The molecule has 2 heterocycles. The molecule has 0 fully saturated rings. The zero-order valence-electron chi connectivity index (χ0n) is 11.2. The molecule has 0 saturated heterocycles. The molecule has 4 nitrogen and oxygen atoms in total. The minimum atomic E-state index is 0.379. The minimum absolute atomic E-state index is 0.379. The van der Waals surface area contributed by atoms with E-state index in [0.29, 0.717) is 6.04 Å². The van der Waals surface area contributed by atoms with Gasteiger partial charge < -0.3 is 5.32 Å². The summed E-state index contributed by atoms with van der Waals surface area (Å²) in [5.41, 5.74) is 3.54. The van der Waals surface area contributed by atoms with Crippen LogP contribution in [0.4, 0.5) is 0 Å². The summed E-state index contributed by atoms with van der Waals surface area (Å²) in [6.45, 7) is 8.00. The van der Waals surface area contributed by atoms with E-state index in [0.717, 1.165) is 18.8 Å². The Morgan fingerprint density at radius 3 is 2.89 bits per heavy atom. The Labute approximate surface area is 108 Å². The molecule has 0 aliphatic rings. The van der Waals surface area contributed by atoms with Crippen molar-refractivity contribution < 1.29 is 0 Å². The van der Waals surface area contributed by atoms with Gasteiger partial charge in [0.05, 0.1) is 12.7 Å². The van der Waals surface area contributed by atoms with E-state index in [2.05, 4.69) is 41.5 Å². The van der Waals surface area contributed by atoms with Crippen molar-refractivity contribution in [2.75, 3.05) is 0 Å². The second-order valence-corrected chi connectivity index (χ2v) is 4.77. The molecular weight excluding hydrogens is 224 g/mol. The van der Waals surface area contributed by atoms with E-state index in [-0.39, 0.29) is 0 Å². The third-order valence-electron chi connectivity index (χ3n) is 2.98. The van der Waals surface area contributed by atoms with Crippen LogP contribution in [-0.4, -0.2) is 20.8 Å². The topological polar surface area (TPSA) is 42.7 Å². The molecule has 0 spiro atoms. The molecule has 0 saturated carbocycles. The van der Waals surface area contributed by atoms with Crippen LogP contribution >= 0.6 is 0 Å². The quantitative estimate of drug-likeness (QED) is 0.875. The van der Waals surface area contributed by atoms with Gasteiger partial charge in [0, 0.05) is 30.7 Å². The van der Waals surface area contributed by atoms with Gasteiger partial charge in [-0.2, -0.15) is 5.10 Å². The zero-order chi connectivity index (χ0) is 13.0. The lowest BCUT2D eigenvalue weighted by Crippen LogP contribution is -2.30. The highest BCUT2D eigenvalue weighted by atomic mass is 15.3. The molecule has 2 aromatic heterocycles. The molecule has 2 rings (SSSR count). The van der Waals surface area contributed by atoms with E-state index < -0.39 is 0 Å². The second kappa shape index (κ2) is 5.78. The molecule has 4 heteroatoms. The predicted octanol–water partition coefficient (Wildman–Crippen LogP) is 2.07. The van der Waals surface area contributed by atoms with Crippen molar-refractivity contribution in [2.24, 2.45) is 0 Å². The first-order valence-corrected chi connectivity index (χ1v) is 6.28. The number of pyridine rings is 1. The Balaban J connectivity index is 1.85. The van der Waals surface area contributed by atoms with Crippen molar-refractivity contribution >= 4 is 0 Å². The molecule has 0 aliphatic carbocycles. The molecule has 1 N–H and O–H groups in total. The third-order valence-corrected chi connectivity index (χ3v) is 2.98. The highest BCUT2D eigenvalue weighted by Gasteiger charge is 2.05. The summed E-state index contributed by atoms with van der Waals surface area (Å²) >= 11 is 0. The van der Waals surface area contributed by atoms with Gasteiger partial charge in [-0.3, -0.25) is 9.67 Å². The molecular formula is C14H20N4. The molecule has 2 aromatic rings. The maximum Gasteiger partial charge on any atom is 0.0560 e. The van der Waals surface area contributed by atoms with Crippen molar-refractivity contribution in [3.05, 3.63) is 47.5 Å². The highest BCUT2D eigenvalue weighted by Crippen LogP contribution is 2.04. The lowest BCUT2D eigenvalue weighted by atomic mass is 10.2. The summed E-state index contributed by atoms with van der Waals surface area (Å²) < 4.78 is 1.98. The molecule has 96 valence electrons. The predicted molar refractivity (Wildman–Crippen MR) is 72.2 cm³/mol. The molecule has 18 heavy (non-hydrogen) atoms. The summed E-state index contributed by atoms with van der Waals surface area (Å²) in [5.74, 6) is 0. The fourth-order valence-electron chi connectivity index (χ4n) is 1.90. The van der Waals surface area contributed by atoms with Crippen LogP contribution in [0.5, 0.6) is 0 Å². The van der Waals surface area contributed by atoms with Gasteiger partial charge in [-0.25, -0.2) is 0 Å².